The molecule has 0 aliphatic heterocycles. The molecule has 0 aromatic heterocycles. The number of nitrogens with zero attached hydrogens (tertiary/aromatic N) is 1. The number of nitro benzene ring substituents is 1. The zero-order chi connectivity index (χ0) is 13.2. The molecule has 0 saturated carbocycles. The quantitative estimate of drug-likeness (QED) is 0.332. The van der Waals surface area contributed by atoms with Crippen LogP contribution in [0.15, 0.2) is 12.1 Å². The van der Waals surface area contributed by atoms with Gasteiger partial charge in [0.15, 0.2) is 0 Å². The van der Waals surface area contributed by atoms with E-state index in [0.29, 0.717) is 6.07 Å². The predicted octanol–water partition coefficient (Wildman–Crippen LogP) is 0.277. The maximum absolute atomic E-state index is 10.8. The molecular weight excluding hydrogens is 234 g/mol. The molecule has 0 aliphatic carbocycles. The Morgan fingerprint density at radius 3 is 2.12 bits per heavy atom. The lowest BCUT2D eigenvalue weighted by Crippen LogP contribution is -2.14. The highest BCUT2D eigenvalue weighted by atomic mass is 16.6. The number of hydrogen-bond donors (Lipinski definition) is 4. The van der Waals surface area contributed by atoms with Gasteiger partial charge in [-0.1, -0.05) is 0 Å². The van der Waals surface area contributed by atoms with Gasteiger partial charge in [0, 0.05) is 6.07 Å². The van der Waals surface area contributed by atoms with E-state index >= 15 is 0 Å². The number of nitrogen functional groups attached to an aromatic ring is 1. The molecule has 0 heterocycles. The minimum atomic E-state index is -1.55. The second-order valence-electron chi connectivity index (χ2n) is 2.93. The smallest absolute Gasteiger partial charge is 0.342 e. The number of aromatic carboxylic acids is 2. The van der Waals surface area contributed by atoms with Crippen LogP contribution in [0.2, 0.25) is 0 Å². The molecule has 0 spiro atoms. The molecule has 0 amide bonds. The summed E-state index contributed by atoms with van der Waals surface area (Å²) < 4.78 is 0. The third-order valence-electron chi connectivity index (χ3n) is 1.95. The summed E-state index contributed by atoms with van der Waals surface area (Å²) in [4.78, 5) is 31.1. The summed E-state index contributed by atoms with van der Waals surface area (Å²) in [6.45, 7) is 0. The van der Waals surface area contributed by atoms with Gasteiger partial charge >= 0.3 is 11.9 Å². The fourth-order valence-electron chi connectivity index (χ4n) is 1.21. The number of benzene rings is 1. The standard InChI is InChI=1S/C8H7N3O6/c9-10-5-1-4(8(14)15)6(11(16)17)2-3(5)7(12)13/h1-2,10H,9H2,(H,12,13)(H,14,15). The van der Waals surface area contributed by atoms with Gasteiger partial charge < -0.3 is 15.6 Å². The van der Waals surface area contributed by atoms with Crippen molar-refractivity contribution in [2.75, 3.05) is 5.43 Å². The monoisotopic (exact) mass is 241 g/mol. The van der Waals surface area contributed by atoms with Crippen LogP contribution >= 0.6 is 0 Å². The van der Waals surface area contributed by atoms with Crippen molar-refractivity contribution in [3.63, 3.8) is 0 Å². The van der Waals surface area contributed by atoms with Gasteiger partial charge in [0.2, 0.25) is 0 Å². The second-order valence-corrected chi connectivity index (χ2v) is 2.93. The summed E-state index contributed by atoms with van der Waals surface area (Å²) in [7, 11) is 0. The van der Waals surface area contributed by atoms with Gasteiger partial charge in [-0.05, 0) is 6.07 Å². The Morgan fingerprint density at radius 2 is 1.76 bits per heavy atom. The summed E-state index contributed by atoms with van der Waals surface area (Å²) in [5.74, 6) is 2.00. The molecule has 0 atom stereocenters. The summed E-state index contributed by atoms with van der Waals surface area (Å²) >= 11 is 0. The molecular formula is C8H7N3O6. The van der Waals surface area contributed by atoms with Crippen LogP contribution in [0.1, 0.15) is 20.7 Å². The van der Waals surface area contributed by atoms with E-state index in [0.717, 1.165) is 6.07 Å². The fourth-order valence-corrected chi connectivity index (χ4v) is 1.21. The molecule has 90 valence electrons. The third-order valence-corrected chi connectivity index (χ3v) is 1.95. The fraction of sp³-hybridized carbons (Fsp3) is 0. The molecule has 0 unspecified atom stereocenters. The van der Waals surface area contributed by atoms with Gasteiger partial charge in [-0.3, -0.25) is 16.0 Å². The lowest BCUT2D eigenvalue weighted by Gasteiger charge is -2.06. The first-order valence-corrected chi connectivity index (χ1v) is 4.14. The molecule has 1 aromatic carbocycles. The van der Waals surface area contributed by atoms with E-state index in [9.17, 15) is 19.7 Å². The van der Waals surface area contributed by atoms with Crippen molar-refractivity contribution in [3.8, 4) is 0 Å². The Bertz CT molecular complexity index is 512. The highest BCUT2D eigenvalue weighted by Gasteiger charge is 2.25. The van der Waals surface area contributed by atoms with Gasteiger partial charge in [-0.2, -0.15) is 0 Å². The van der Waals surface area contributed by atoms with Crippen molar-refractivity contribution in [1.82, 2.24) is 0 Å². The number of nitro groups is 1. The van der Waals surface area contributed by atoms with Crippen LogP contribution in [0.4, 0.5) is 11.4 Å². The van der Waals surface area contributed by atoms with Crippen LogP contribution in [-0.2, 0) is 0 Å². The summed E-state index contributed by atoms with van der Waals surface area (Å²) in [5, 5.41) is 28.1. The van der Waals surface area contributed by atoms with Crippen LogP contribution in [0.5, 0.6) is 0 Å². The SMILES string of the molecule is NNc1cc(C(=O)O)c([N+](=O)[O-])cc1C(=O)O. The van der Waals surface area contributed by atoms with Gasteiger partial charge in [0.1, 0.15) is 5.56 Å². The lowest BCUT2D eigenvalue weighted by atomic mass is 10.1. The minimum Gasteiger partial charge on any atom is -0.478 e. The van der Waals surface area contributed by atoms with E-state index in [2.05, 4.69) is 0 Å². The molecule has 0 radical (unpaired) electrons. The summed E-state index contributed by atoms with van der Waals surface area (Å²) in [6, 6.07) is 1.44. The van der Waals surface area contributed by atoms with Crippen molar-refractivity contribution in [1.29, 1.82) is 0 Å². The van der Waals surface area contributed by atoms with Crippen molar-refractivity contribution in [3.05, 3.63) is 33.4 Å². The Balaban J connectivity index is 3.59. The topological polar surface area (TPSA) is 156 Å². The average Bonchev–Trinajstić information content (AvgIpc) is 2.26. The van der Waals surface area contributed by atoms with Crippen LogP contribution in [-0.4, -0.2) is 27.1 Å². The first-order chi connectivity index (χ1) is 7.88. The normalized spacial score (nSPS) is 9.71. The van der Waals surface area contributed by atoms with E-state index in [1.165, 1.54) is 0 Å². The van der Waals surface area contributed by atoms with E-state index in [4.69, 9.17) is 16.1 Å². The summed E-state index contributed by atoms with van der Waals surface area (Å²) in [6.07, 6.45) is 0. The number of nitrogens with two attached hydrogens (primary N) is 1. The Hall–Kier alpha value is -2.68. The summed E-state index contributed by atoms with van der Waals surface area (Å²) in [5.41, 5.74) is -0.189. The average molecular weight is 241 g/mol. The van der Waals surface area contributed by atoms with Gasteiger partial charge in [0.25, 0.3) is 5.69 Å². The molecule has 0 bridgehead atoms. The number of rotatable bonds is 4. The van der Waals surface area contributed by atoms with Gasteiger partial charge in [0.05, 0.1) is 16.2 Å². The minimum absolute atomic E-state index is 0.222. The maximum Gasteiger partial charge on any atom is 0.342 e. The molecule has 1 rings (SSSR count). The van der Waals surface area contributed by atoms with Crippen LogP contribution in [0.3, 0.4) is 0 Å². The highest BCUT2D eigenvalue weighted by molar-refractivity contribution is 6.00. The predicted molar refractivity (Wildman–Crippen MR) is 54.8 cm³/mol. The first-order valence-electron chi connectivity index (χ1n) is 4.14. The number of hydrogen-bond acceptors (Lipinski definition) is 6. The van der Waals surface area contributed by atoms with E-state index in [-0.39, 0.29) is 5.69 Å². The number of hydrazine groups is 1. The zero-order valence-corrected chi connectivity index (χ0v) is 8.21. The van der Waals surface area contributed by atoms with E-state index < -0.39 is 33.7 Å². The van der Waals surface area contributed by atoms with E-state index in [1.54, 1.807) is 0 Å². The lowest BCUT2D eigenvalue weighted by molar-refractivity contribution is -0.385. The van der Waals surface area contributed by atoms with Crippen LogP contribution in [0, 0.1) is 10.1 Å². The number of carbonyl (C=O) groups is 2. The zero-order valence-electron chi connectivity index (χ0n) is 8.21. The van der Waals surface area contributed by atoms with Gasteiger partial charge in [-0.25, -0.2) is 9.59 Å². The highest BCUT2D eigenvalue weighted by Crippen LogP contribution is 2.26. The Labute approximate surface area is 93.6 Å². The molecule has 1 aromatic rings. The Morgan fingerprint density at radius 1 is 1.24 bits per heavy atom. The van der Waals surface area contributed by atoms with Crippen LogP contribution < -0.4 is 11.3 Å². The second kappa shape index (κ2) is 4.45. The number of carboxylic acids is 2. The molecule has 0 saturated heterocycles. The maximum atomic E-state index is 10.8. The molecule has 5 N–H and O–H groups in total. The Kier molecular flexibility index (Phi) is 3.24. The number of nitrogens with one attached hydrogen (secondary N) is 1. The molecule has 17 heavy (non-hydrogen) atoms. The first kappa shape index (κ1) is 12.4. The van der Waals surface area contributed by atoms with Crippen molar-refractivity contribution in [2.24, 2.45) is 5.84 Å². The van der Waals surface area contributed by atoms with Crippen molar-refractivity contribution in [2.45, 2.75) is 0 Å². The number of anilines is 1. The van der Waals surface area contributed by atoms with Crippen molar-refractivity contribution >= 4 is 23.3 Å². The third kappa shape index (κ3) is 2.29. The molecule has 9 nitrogen and oxygen atoms in total. The molecule has 0 aliphatic rings. The molecule has 9 heteroatoms. The number of carboxylic acid groups (broad SMARTS) is 2. The van der Waals surface area contributed by atoms with Crippen molar-refractivity contribution < 1.29 is 24.7 Å². The van der Waals surface area contributed by atoms with Crippen LogP contribution in [0.25, 0.3) is 0 Å². The largest absolute Gasteiger partial charge is 0.478 e. The molecule has 0 fully saturated rings. The van der Waals surface area contributed by atoms with E-state index in [1.807, 2.05) is 5.43 Å². The van der Waals surface area contributed by atoms with Gasteiger partial charge in [-0.15, -0.1) is 0 Å².